The zero-order chi connectivity index (χ0) is 34.8. The first kappa shape index (κ1) is 34.2. The number of nitrogens with zero attached hydrogens (tertiary/aromatic N) is 7. The predicted molar refractivity (Wildman–Crippen MR) is 195 cm³/mol. The lowest BCUT2D eigenvalue weighted by atomic mass is 10.1. The summed E-state index contributed by atoms with van der Waals surface area (Å²) in [5, 5.41) is 24.3. The Morgan fingerprint density at radius 3 is 2.24 bits per heavy atom. The van der Waals surface area contributed by atoms with Gasteiger partial charge in [0.05, 0.1) is 24.1 Å². The SMILES string of the molecule is Cn1cnnc1SCC1(c2ccc(F)cc2)OCC(COc2ccc(N3CCN(c4ccc(N5C[N+]([O-])(C6CCCC6)CN5)cc4)CC3)cc2)O1. The highest BCUT2D eigenvalue weighted by atomic mass is 32.2. The van der Waals surface area contributed by atoms with Crippen LogP contribution in [0.25, 0.3) is 0 Å². The number of quaternary nitrogens is 1. The fraction of sp³-hybridized carbons (Fsp3) is 0.459. The molecule has 3 atom stereocenters. The molecule has 1 N–H and O–H groups in total. The van der Waals surface area contributed by atoms with Gasteiger partial charge in [-0.1, -0.05) is 23.9 Å². The van der Waals surface area contributed by atoms with Gasteiger partial charge in [-0.05, 0) is 86.3 Å². The molecule has 4 aromatic rings. The third kappa shape index (κ3) is 7.39. The molecule has 1 saturated carbocycles. The fourth-order valence-corrected chi connectivity index (χ4v) is 8.56. The normalized spacial score (nSPS) is 25.6. The van der Waals surface area contributed by atoms with Gasteiger partial charge in [-0.15, -0.1) is 10.2 Å². The van der Waals surface area contributed by atoms with Gasteiger partial charge in [-0.3, -0.25) is 5.01 Å². The molecule has 3 aliphatic heterocycles. The summed E-state index contributed by atoms with van der Waals surface area (Å²) in [4.78, 5) is 4.82. The van der Waals surface area contributed by atoms with Crippen molar-refractivity contribution in [2.24, 2.45) is 7.05 Å². The van der Waals surface area contributed by atoms with Crippen molar-refractivity contribution in [3.05, 3.63) is 95.7 Å². The molecule has 0 amide bonds. The van der Waals surface area contributed by atoms with Crippen LogP contribution in [0.2, 0.25) is 0 Å². The maximum atomic E-state index is 13.7. The van der Waals surface area contributed by atoms with E-state index in [-0.39, 0.29) is 22.6 Å². The molecule has 51 heavy (non-hydrogen) atoms. The van der Waals surface area contributed by atoms with Crippen molar-refractivity contribution in [3.8, 4) is 5.75 Å². The molecular weight excluding hydrogens is 672 g/mol. The van der Waals surface area contributed by atoms with E-state index in [1.165, 1.54) is 42.4 Å². The van der Waals surface area contributed by atoms with Gasteiger partial charge < -0.3 is 38.4 Å². The third-order valence-corrected chi connectivity index (χ3v) is 11.7. The second kappa shape index (κ2) is 14.6. The van der Waals surface area contributed by atoms with Crippen LogP contribution in [0, 0.1) is 11.0 Å². The van der Waals surface area contributed by atoms with Crippen LogP contribution in [-0.4, -0.2) is 90.0 Å². The Morgan fingerprint density at radius 2 is 1.59 bits per heavy atom. The van der Waals surface area contributed by atoms with Crippen LogP contribution >= 0.6 is 11.8 Å². The van der Waals surface area contributed by atoms with E-state index in [0.717, 1.165) is 66.9 Å². The Hall–Kier alpha value is -3.92. The minimum atomic E-state index is -1.06. The Labute approximate surface area is 302 Å². The molecule has 12 nitrogen and oxygen atoms in total. The lowest BCUT2D eigenvalue weighted by Gasteiger charge is -2.42. The third-order valence-electron chi connectivity index (χ3n) is 10.5. The summed E-state index contributed by atoms with van der Waals surface area (Å²) in [6, 6.07) is 23.3. The Morgan fingerprint density at radius 1 is 0.941 bits per heavy atom. The number of piperazine rings is 1. The minimum Gasteiger partial charge on any atom is -0.630 e. The van der Waals surface area contributed by atoms with Crippen molar-refractivity contribution in [2.45, 2.75) is 48.8 Å². The Balaban J connectivity index is 0.817. The quantitative estimate of drug-likeness (QED) is 0.126. The molecule has 270 valence electrons. The molecule has 3 saturated heterocycles. The number of hydrogen-bond acceptors (Lipinski definition) is 11. The van der Waals surface area contributed by atoms with Gasteiger partial charge in [0, 0.05) is 50.2 Å². The number of anilines is 3. The van der Waals surface area contributed by atoms with Crippen LogP contribution in [0.5, 0.6) is 5.75 Å². The molecular formula is C37H45FN8O4S. The van der Waals surface area contributed by atoms with Gasteiger partial charge in [-0.25, -0.2) is 4.39 Å². The number of hydrazine groups is 1. The van der Waals surface area contributed by atoms with Crippen LogP contribution in [0.15, 0.2) is 84.3 Å². The van der Waals surface area contributed by atoms with Crippen molar-refractivity contribution in [1.29, 1.82) is 0 Å². The second-order valence-corrected chi connectivity index (χ2v) is 14.8. The van der Waals surface area contributed by atoms with Crippen molar-refractivity contribution in [1.82, 2.24) is 20.2 Å². The number of benzene rings is 3. The minimum absolute atomic E-state index is 0.147. The summed E-state index contributed by atoms with van der Waals surface area (Å²) in [6.45, 7) is 5.26. The van der Waals surface area contributed by atoms with Gasteiger partial charge in [0.25, 0.3) is 0 Å². The number of halogens is 1. The van der Waals surface area contributed by atoms with Gasteiger partial charge >= 0.3 is 0 Å². The molecule has 1 aromatic heterocycles. The Kier molecular flexibility index (Phi) is 9.79. The van der Waals surface area contributed by atoms with Gasteiger partial charge in [-0.2, -0.15) is 5.43 Å². The summed E-state index contributed by atoms with van der Waals surface area (Å²) in [5.41, 5.74) is 7.50. The number of hydroxylamine groups is 3. The first-order valence-corrected chi connectivity index (χ1v) is 18.8. The smallest absolute Gasteiger partial charge is 0.205 e. The molecule has 4 aliphatic rings. The Bertz CT molecular complexity index is 1750. The van der Waals surface area contributed by atoms with E-state index in [1.807, 2.05) is 28.8 Å². The molecule has 0 bridgehead atoms. The number of hydrogen-bond donors (Lipinski definition) is 1. The van der Waals surface area contributed by atoms with Crippen LogP contribution in [0.4, 0.5) is 21.5 Å². The molecule has 14 heteroatoms. The van der Waals surface area contributed by atoms with Crippen LogP contribution in [0.3, 0.4) is 0 Å². The van der Waals surface area contributed by atoms with Crippen LogP contribution < -0.4 is 25.0 Å². The van der Waals surface area contributed by atoms with E-state index in [9.17, 15) is 9.60 Å². The van der Waals surface area contributed by atoms with Crippen molar-refractivity contribution < 1.29 is 23.2 Å². The van der Waals surface area contributed by atoms with Crippen molar-refractivity contribution >= 4 is 28.8 Å². The van der Waals surface area contributed by atoms with Crippen molar-refractivity contribution in [3.63, 3.8) is 0 Å². The monoisotopic (exact) mass is 716 g/mol. The highest BCUT2D eigenvalue weighted by Crippen LogP contribution is 2.39. The van der Waals surface area contributed by atoms with Gasteiger partial charge in [0.15, 0.2) is 18.5 Å². The molecule has 0 radical (unpaired) electrons. The van der Waals surface area contributed by atoms with Gasteiger partial charge in [0.1, 0.15) is 30.6 Å². The molecule has 4 fully saturated rings. The number of aromatic nitrogens is 3. The molecule has 8 rings (SSSR count). The number of aryl methyl sites for hydroxylation is 1. The fourth-order valence-electron chi connectivity index (χ4n) is 7.57. The topological polar surface area (TPSA) is 103 Å². The molecule has 4 heterocycles. The molecule has 1 aliphatic carbocycles. The van der Waals surface area contributed by atoms with Crippen molar-refractivity contribution in [2.75, 3.05) is 73.3 Å². The van der Waals surface area contributed by atoms with Crippen LogP contribution in [0.1, 0.15) is 31.2 Å². The van der Waals surface area contributed by atoms with E-state index in [4.69, 9.17) is 14.2 Å². The first-order chi connectivity index (χ1) is 24.9. The zero-order valence-electron chi connectivity index (χ0n) is 28.9. The van der Waals surface area contributed by atoms with E-state index >= 15 is 0 Å². The highest BCUT2D eigenvalue weighted by molar-refractivity contribution is 7.99. The predicted octanol–water partition coefficient (Wildman–Crippen LogP) is 5.22. The highest BCUT2D eigenvalue weighted by Gasteiger charge is 2.44. The molecule has 3 unspecified atom stereocenters. The zero-order valence-corrected chi connectivity index (χ0v) is 29.7. The maximum Gasteiger partial charge on any atom is 0.205 e. The number of thioether (sulfide) groups is 1. The summed E-state index contributed by atoms with van der Waals surface area (Å²) in [6.07, 6.45) is 5.78. The summed E-state index contributed by atoms with van der Waals surface area (Å²) < 4.78 is 34.3. The number of nitrogens with one attached hydrogen (secondary N) is 1. The second-order valence-electron chi connectivity index (χ2n) is 13.9. The van der Waals surface area contributed by atoms with E-state index in [0.29, 0.717) is 32.3 Å². The lowest BCUT2D eigenvalue weighted by molar-refractivity contribution is -0.893. The summed E-state index contributed by atoms with van der Waals surface area (Å²) >= 11 is 1.47. The summed E-state index contributed by atoms with van der Waals surface area (Å²) in [5.74, 6) is -0.187. The number of ether oxygens (including phenoxy) is 3. The molecule has 0 spiro atoms. The number of rotatable bonds is 11. The van der Waals surface area contributed by atoms with E-state index < -0.39 is 5.79 Å². The summed E-state index contributed by atoms with van der Waals surface area (Å²) in [7, 11) is 1.88. The van der Waals surface area contributed by atoms with Crippen LogP contribution in [-0.2, 0) is 22.3 Å². The standard InChI is InChI=1S/C37H45FN8O4S/c1-42-25-39-41-36(42)51-24-37(28-6-8-29(38)9-7-28)49-23-35(50-37)22-48-34-16-14-31(15-17-34)44-20-18-43(19-21-44)30-10-12-32(13-11-30)45-27-46(47,26-40-45)33-4-2-3-5-33/h6-17,25,33,35,40H,2-5,18-24,26-27H2,1H3. The van der Waals surface area contributed by atoms with E-state index in [1.54, 1.807) is 18.5 Å². The van der Waals surface area contributed by atoms with E-state index in [2.05, 4.69) is 61.8 Å². The average molecular weight is 717 g/mol. The maximum absolute atomic E-state index is 13.7. The lowest BCUT2D eigenvalue weighted by Crippen LogP contribution is -2.48. The largest absolute Gasteiger partial charge is 0.630 e. The van der Waals surface area contributed by atoms with Gasteiger partial charge in [0.2, 0.25) is 5.79 Å². The first-order valence-electron chi connectivity index (χ1n) is 17.8. The average Bonchev–Trinajstić information content (AvgIpc) is 4.00. The molecule has 3 aromatic carbocycles.